The van der Waals surface area contributed by atoms with Crippen molar-refractivity contribution in [3.63, 3.8) is 0 Å². The zero-order valence-corrected chi connectivity index (χ0v) is 18.0. The van der Waals surface area contributed by atoms with Crippen LogP contribution in [0.25, 0.3) is 10.9 Å². The van der Waals surface area contributed by atoms with Crippen molar-refractivity contribution in [3.05, 3.63) is 64.8 Å². The topological polar surface area (TPSA) is 94.3 Å². The van der Waals surface area contributed by atoms with E-state index in [0.29, 0.717) is 17.0 Å². The number of fused-ring (bicyclic) bond motifs is 2. The summed E-state index contributed by atoms with van der Waals surface area (Å²) in [5, 5.41) is 6.82. The fraction of sp³-hybridized carbons (Fsp3) is 0.261. The Labute approximate surface area is 184 Å². The Morgan fingerprint density at radius 1 is 1.16 bits per heavy atom. The van der Waals surface area contributed by atoms with Crippen LogP contribution in [-0.2, 0) is 20.8 Å². The highest BCUT2D eigenvalue weighted by molar-refractivity contribution is 6.35. The second-order valence-corrected chi connectivity index (χ2v) is 8.21. The first-order valence-electron chi connectivity index (χ1n) is 10.1. The van der Waals surface area contributed by atoms with Crippen molar-refractivity contribution in [1.29, 1.82) is 0 Å². The summed E-state index contributed by atoms with van der Waals surface area (Å²) in [5.74, 6) is -1.85. The summed E-state index contributed by atoms with van der Waals surface area (Å²) in [5.41, 5.74) is 3.39. The lowest BCUT2D eigenvalue weighted by molar-refractivity contribution is -0.140. The van der Waals surface area contributed by atoms with Crippen LogP contribution in [0.4, 0.5) is 5.69 Å². The lowest BCUT2D eigenvalue weighted by Gasteiger charge is -2.22. The maximum atomic E-state index is 12.8. The van der Waals surface area contributed by atoms with Gasteiger partial charge in [-0.25, -0.2) is 0 Å². The Bertz CT molecular complexity index is 1170. The van der Waals surface area contributed by atoms with Gasteiger partial charge in [-0.05, 0) is 50.1 Å². The number of carbonyl (C=O) groups is 3. The van der Waals surface area contributed by atoms with E-state index < -0.39 is 17.9 Å². The molecule has 0 radical (unpaired) electrons. The van der Waals surface area contributed by atoms with Crippen LogP contribution in [0.1, 0.15) is 31.0 Å². The average Bonchev–Trinajstić information content (AvgIpc) is 3.26. The number of aromatic amines is 1. The number of halogens is 1. The quantitative estimate of drug-likeness (QED) is 0.534. The van der Waals surface area contributed by atoms with E-state index in [-0.39, 0.29) is 18.5 Å². The van der Waals surface area contributed by atoms with Crippen molar-refractivity contribution in [3.8, 4) is 0 Å². The van der Waals surface area contributed by atoms with E-state index in [1.807, 2.05) is 50.4 Å². The van der Waals surface area contributed by atoms with E-state index in [0.717, 1.165) is 22.2 Å². The molecule has 1 aliphatic heterocycles. The monoisotopic (exact) mass is 438 g/mol. The summed E-state index contributed by atoms with van der Waals surface area (Å²) in [7, 11) is 0. The number of rotatable bonds is 5. The van der Waals surface area contributed by atoms with Gasteiger partial charge in [-0.15, -0.1) is 0 Å². The normalized spacial score (nSPS) is 15.4. The van der Waals surface area contributed by atoms with Gasteiger partial charge < -0.3 is 20.5 Å². The first-order valence-corrected chi connectivity index (χ1v) is 10.5. The third kappa shape index (κ3) is 4.01. The lowest BCUT2D eigenvalue weighted by atomic mass is 10.1. The Kier molecular flexibility index (Phi) is 5.69. The predicted molar refractivity (Wildman–Crippen MR) is 120 cm³/mol. The number of hydrogen-bond donors (Lipinski definition) is 3. The number of H-pyrrole nitrogens is 1. The van der Waals surface area contributed by atoms with E-state index in [1.54, 1.807) is 17.0 Å². The minimum absolute atomic E-state index is 0.0611. The third-order valence-electron chi connectivity index (χ3n) is 5.40. The van der Waals surface area contributed by atoms with Crippen LogP contribution in [-0.4, -0.2) is 35.3 Å². The summed E-state index contributed by atoms with van der Waals surface area (Å²) in [6, 6.07) is 11.9. The number of aromatic nitrogens is 1. The summed E-state index contributed by atoms with van der Waals surface area (Å²) in [4.78, 5) is 42.4. The van der Waals surface area contributed by atoms with Crippen molar-refractivity contribution < 1.29 is 14.4 Å². The number of nitrogens with one attached hydrogen (secondary N) is 3. The lowest BCUT2D eigenvalue weighted by Crippen LogP contribution is -2.45. The van der Waals surface area contributed by atoms with Crippen LogP contribution >= 0.6 is 11.6 Å². The first-order chi connectivity index (χ1) is 14.9. The molecular weight excluding hydrogens is 416 g/mol. The summed E-state index contributed by atoms with van der Waals surface area (Å²) < 4.78 is 0. The fourth-order valence-corrected chi connectivity index (χ4v) is 4.13. The molecule has 3 amide bonds. The van der Waals surface area contributed by atoms with Crippen LogP contribution in [0.15, 0.2) is 48.7 Å². The van der Waals surface area contributed by atoms with E-state index in [2.05, 4.69) is 15.6 Å². The summed E-state index contributed by atoms with van der Waals surface area (Å²) in [6.45, 7) is 4.09. The number of benzene rings is 2. The van der Waals surface area contributed by atoms with Crippen molar-refractivity contribution in [1.82, 2.24) is 15.6 Å². The maximum absolute atomic E-state index is 12.8. The van der Waals surface area contributed by atoms with Gasteiger partial charge >= 0.3 is 11.8 Å². The first kappa shape index (κ1) is 20.9. The number of anilines is 1. The van der Waals surface area contributed by atoms with Gasteiger partial charge in [0.15, 0.2) is 0 Å². The van der Waals surface area contributed by atoms with Crippen molar-refractivity contribution in [2.24, 2.45) is 0 Å². The second-order valence-electron chi connectivity index (χ2n) is 7.78. The molecule has 8 heteroatoms. The molecule has 0 saturated heterocycles. The molecule has 160 valence electrons. The molecule has 0 saturated carbocycles. The molecule has 0 spiro atoms. The number of hydrogen-bond acceptors (Lipinski definition) is 3. The third-order valence-corrected chi connectivity index (χ3v) is 5.63. The maximum Gasteiger partial charge on any atom is 0.310 e. The van der Waals surface area contributed by atoms with Gasteiger partial charge in [-0.2, -0.15) is 0 Å². The molecule has 1 aliphatic rings. The minimum atomic E-state index is -0.868. The molecule has 0 fully saturated rings. The molecule has 0 aliphatic carbocycles. The van der Waals surface area contributed by atoms with E-state index >= 15 is 0 Å². The molecule has 4 rings (SSSR count). The Morgan fingerprint density at radius 3 is 2.71 bits per heavy atom. The van der Waals surface area contributed by atoms with Gasteiger partial charge in [0.1, 0.15) is 6.04 Å². The number of amides is 3. The second kappa shape index (κ2) is 8.43. The molecule has 1 aromatic heterocycles. The van der Waals surface area contributed by atoms with E-state index in [9.17, 15) is 14.4 Å². The fourth-order valence-electron chi connectivity index (χ4n) is 3.96. The van der Waals surface area contributed by atoms with Crippen molar-refractivity contribution >= 4 is 45.9 Å². The zero-order chi connectivity index (χ0) is 22.1. The van der Waals surface area contributed by atoms with Crippen LogP contribution < -0.4 is 15.5 Å². The molecule has 1 atom stereocenters. The van der Waals surface area contributed by atoms with Gasteiger partial charge in [-0.1, -0.05) is 29.8 Å². The smallest absolute Gasteiger partial charge is 0.310 e. The highest BCUT2D eigenvalue weighted by Crippen LogP contribution is 2.36. The molecule has 1 unspecified atom stereocenters. The SMILES string of the molecule is CC(C)N1C(=O)C(NC(=O)C(=O)NCCc2c[nH]c3ccc(Cl)cc23)c2ccccc21. The molecule has 2 aromatic carbocycles. The van der Waals surface area contributed by atoms with Gasteiger partial charge in [0.2, 0.25) is 0 Å². The molecule has 3 aromatic rings. The largest absolute Gasteiger partial charge is 0.361 e. The Hall–Kier alpha value is -3.32. The minimum Gasteiger partial charge on any atom is -0.361 e. The molecule has 31 heavy (non-hydrogen) atoms. The van der Waals surface area contributed by atoms with E-state index in [4.69, 9.17) is 11.6 Å². The highest BCUT2D eigenvalue weighted by atomic mass is 35.5. The summed E-state index contributed by atoms with van der Waals surface area (Å²) in [6.07, 6.45) is 2.40. The Balaban J connectivity index is 1.38. The zero-order valence-electron chi connectivity index (χ0n) is 17.2. The molecule has 3 N–H and O–H groups in total. The van der Waals surface area contributed by atoms with Crippen LogP contribution in [0, 0.1) is 0 Å². The van der Waals surface area contributed by atoms with Crippen LogP contribution in [0.5, 0.6) is 0 Å². The Morgan fingerprint density at radius 2 is 1.94 bits per heavy atom. The number of para-hydroxylation sites is 1. The van der Waals surface area contributed by atoms with Gasteiger partial charge in [0.05, 0.1) is 0 Å². The number of nitrogens with zero attached hydrogens (tertiary/aromatic N) is 1. The summed E-state index contributed by atoms with van der Waals surface area (Å²) >= 11 is 6.06. The van der Waals surface area contributed by atoms with Crippen LogP contribution in [0.2, 0.25) is 5.02 Å². The predicted octanol–water partition coefficient (Wildman–Crippen LogP) is 3.09. The standard InChI is InChI=1S/C23H23ClN4O3/c1-13(2)28-19-6-4-3-5-16(19)20(23(28)31)27-22(30)21(29)25-10-9-14-12-26-18-8-7-15(24)11-17(14)18/h3-8,11-13,20,26H,9-10H2,1-2H3,(H,25,29)(H,27,30). The highest BCUT2D eigenvalue weighted by Gasteiger charge is 2.39. The molecule has 7 nitrogen and oxygen atoms in total. The van der Waals surface area contributed by atoms with Gasteiger partial charge in [0, 0.05) is 46.0 Å². The molecule has 0 bridgehead atoms. The number of carbonyl (C=O) groups excluding carboxylic acids is 3. The van der Waals surface area contributed by atoms with Crippen LogP contribution in [0.3, 0.4) is 0 Å². The van der Waals surface area contributed by atoms with Crippen molar-refractivity contribution in [2.45, 2.75) is 32.4 Å². The molecular formula is C23H23ClN4O3. The van der Waals surface area contributed by atoms with Gasteiger partial charge in [0.25, 0.3) is 5.91 Å². The average molecular weight is 439 g/mol. The molecule has 2 heterocycles. The van der Waals surface area contributed by atoms with Gasteiger partial charge in [-0.3, -0.25) is 14.4 Å². The van der Waals surface area contributed by atoms with Crippen molar-refractivity contribution in [2.75, 3.05) is 11.4 Å². The van der Waals surface area contributed by atoms with E-state index in [1.165, 1.54) is 0 Å².